The maximum absolute atomic E-state index is 13.3. The SMILES string of the molecule is CCOC(=O)CCC(=O)Nc1onc(-c2ccc(F)cc2)c1-c1ccncc1. The Morgan fingerprint density at radius 2 is 1.79 bits per heavy atom. The minimum Gasteiger partial charge on any atom is -0.466 e. The second-order valence-corrected chi connectivity index (χ2v) is 5.83. The summed E-state index contributed by atoms with van der Waals surface area (Å²) in [5.74, 6) is -1.09. The number of rotatable bonds is 7. The van der Waals surface area contributed by atoms with Gasteiger partial charge in [0.15, 0.2) is 0 Å². The number of amides is 1. The molecule has 2 aromatic heterocycles. The van der Waals surface area contributed by atoms with Crippen molar-refractivity contribution in [2.45, 2.75) is 19.8 Å². The number of carbonyl (C=O) groups excluding carboxylic acids is 2. The topological polar surface area (TPSA) is 94.3 Å². The molecule has 1 amide bonds. The third-order valence-electron chi connectivity index (χ3n) is 3.89. The second kappa shape index (κ2) is 8.90. The molecule has 0 fully saturated rings. The molecule has 8 heteroatoms. The van der Waals surface area contributed by atoms with Gasteiger partial charge in [-0.05, 0) is 48.9 Å². The van der Waals surface area contributed by atoms with Crippen molar-refractivity contribution in [3.05, 3.63) is 54.6 Å². The minimum absolute atomic E-state index is 0.0385. The van der Waals surface area contributed by atoms with Crippen LogP contribution in [0.15, 0.2) is 53.3 Å². The molecule has 0 aliphatic carbocycles. The van der Waals surface area contributed by atoms with Gasteiger partial charge < -0.3 is 9.26 Å². The van der Waals surface area contributed by atoms with Crippen LogP contribution in [0.1, 0.15) is 19.8 Å². The van der Waals surface area contributed by atoms with E-state index in [-0.39, 0.29) is 31.1 Å². The predicted molar refractivity (Wildman–Crippen MR) is 99.6 cm³/mol. The number of aromatic nitrogens is 2. The number of esters is 1. The number of nitrogens with zero attached hydrogens (tertiary/aromatic N) is 2. The number of hydrogen-bond acceptors (Lipinski definition) is 6. The van der Waals surface area contributed by atoms with Crippen LogP contribution < -0.4 is 5.32 Å². The van der Waals surface area contributed by atoms with E-state index < -0.39 is 11.9 Å². The Kier molecular flexibility index (Phi) is 6.11. The van der Waals surface area contributed by atoms with E-state index in [0.29, 0.717) is 16.8 Å². The molecule has 3 aromatic rings. The first kappa shape index (κ1) is 19.2. The molecule has 2 heterocycles. The van der Waals surface area contributed by atoms with Crippen molar-refractivity contribution in [3.63, 3.8) is 0 Å². The number of ether oxygens (including phenoxy) is 1. The molecule has 28 heavy (non-hydrogen) atoms. The molecule has 7 nitrogen and oxygen atoms in total. The number of carbonyl (C=O) groups is 2. The molecule has 0 bridgehead atoms. The monoisotopic (exact) mass is 383 g/mol. The summed E-state index contributed by atoms with van der Waals surface area (Å²) >= 11 is 0. The van der Waals surface area contributed by atoms with Crippen molar-refractivity contribution in [2.24, 2.45) is 0 Å². The Balaban J connectivity index is 1.88. The van der Waals surface area contributed by atoms with Crippen LogP contribution in [0.5, 0.6) is 0 Å². The normalized spacial score (nSPS) is 10.5. The molecule has 1 aromatic carbocycles. The van der Waals surface area contributed by atoms with Crippen molar-refractivity contribution in [3.8, 4) is 22.4 Å². The van der Waals surface area contributed by atoms with Gasteiger partial charge in [-0.2, -0.15) is 0 Å². The Morgan fingerprint density at radius 3 is 2.46 bits per heavy atom. The summed E-state index contributed by atoms with van der Waals surface area (Å²) in [6.07, 6.45) is 3.11. The van der Waals surface area contributed by atoms with Crippen molar-refractivity contribution in [1.82, 2.24) is 10.1 Å². The number of anilines is 1. The van der Waals surface area contributed by atoms with Gasteiger partial charge in [-0.1, -0.05) is 5.16 Å². The van der Waals surface area contributed by atoms with E-state index in [1.54, 1.807) is 43.6 Å². The molecule has 0 spiro atoms. The summed E-state index contributed by atoms with van der Waals surface area (Å²) in [6, 6.07) is 9.27. The molecular weight excluding hydrogens is 365 g/mol. The first-order valence-electron chi connectivity index (χ1n) is 8.70. The predicted octanol–water partition coefficient (Wildman–Crippen LogP) is 3.82. The van der Waals surface area contributed by atoms with Crippen LogP contribution in [-0.2, 0) is 14.3 Å². The summed E-state index contributed by atoms with van der Waals surface area (Å²) in [7, 11) is 0. The average Bonchev–Trinajstić information content (AvgIpc) is 3.11. The summed E-state index contributed by atoms with van der Waals surface area (Å²) in [5, 5.41) is 6.68. The summed E-state index contributed by atoms with van der Waals surface area (Å²) in [6.45, 7) is 1.96. The molecule has 1 N–H and O–H groups in total. The fraction of sp³-hybridized carbons (Fsp3) is 0.200. The van der Waals surface area contributed by atoms with Crippen LogP contribution in [-0.4, -0.2) is 28.6 Å². The largest absolute Gasteiger partial charge is 0.466 e. The van der Waals surface area contributed by atoms with Gasteiger partial charge in [0.25, 0.3) is 0 Å². The molecular formula is C20H18FN3O4. The van der Waals surface area contributed by atoms with E-state index in [0.717, 1.165) is 5.56 Å². The Morgan fingerprint density at radius 1 is 1.07 bits per heavy atom. The molecule has 0 radical (unpaired) electrons. The highest BCUT2D eigenvalue weighted by Crippen LogP contribution is 2.37. The lowest BCUT2D eigenvalue weighted by molar-refractivity contribution is -0.144. The highest BCUT2D eigenvalue weighted by Gasteiger charge is 2.21. The second-order valence-electron chi connectivity index (χ2n) is 5.83. The molecule has 0 atom stereocenters. The van der Waals surface area contributed by atoms with E-state index in [2.05, 4.69) is 15.5 Å². The van der Waals surface area contributed by atoms with E-state index >= 15 is 0 Å². The highest BCUT2D eigenvalue weighted by atomic mass is 19.1. The highest BCUT2D eigenvalue weighted by molar-refractivity contribution is 5.97. The third-order valence-corrected chi connectivity index (χ3v) is 3.89. The molecule has 0 saturated heterocycles. The molecule has 0 aliphatic rings. The number of halogens is 1. The standard InChI is InChI=1S/C20H18FN3O4/c1-2-27-17(26)8-7-16(25)23-20-18(13-9-11-22-12-10-13)19(24-28-20)14-3-5-15(21)6-4-14/h3-6,9-12H,2,7-8H2,1H3,(H,23,25). The fourth-order valence-electron chi connectivity index (χ4n) is 2.60. The maximum Gasteiger partial charge on any atom is 0.306 e. The van der Waals surface area contributed by atoms with Crippen molar-refractivity contribution in [2.75, 3.05) is 11.9 Å². The van der Waals surface area contributed by atoms with Crippen molar-refractivity contribution in [1.29, 1.82) is 0 Å². The number of hydrogen-bond donors (Lipinski definition) is 1. The smallest absolute Gasteiger partial charge is 0.306 e. The van der Waals surface area contributed by atoms with Crippen LogP contribution in [0.3, 0.4) is 0 Å². The summed E-state index contributed by atoms with van der Waals surface area (Å²) < 4.78 is 23.4. The Bertz CT molecular complexity index is 955. The summed E-state index contributed by atoms with van der Waals surface area (Å²) in [4.78, 5) is 27.6. The first-order valence-corrected chi connectivity index (χ1v) is 8.70. The number of nitrogens with one attached hydrogen (secondary N) is 1. The van der Waals surface area contributed by atoms with Crippen LogP contribution in [0.25, 0.3) is 22.4 Å². The van der Waals surface area contributed by atoms with E-state index in [4.69, 9.17) is 9.26 Å². The van der Waals surface area contributed by atoms with Crippen LogP contribution in [0.4, 0.5) is 10.3 Å². The summed E-state index contributed by atoms with van der Waals surface area (Å²) in [5.41, 5.74) is 2.34. The van der Waals surface area contributed by atoms with Crippen molar-refractivity contribution >= 4 is 17.8 Å². The number of pyridine rings is 1. The molecule has 0 aliphatic heterocycles. The lowest BCUT2D eigenvalue weighted by Gasteiger charge is -2.06. The zero-order valence-corrected chi connectivity index (χ0v) is 15.1. The fourth-order valence-corrected chi connectivity index (χ4v) is 2.60. The minimum atomic E-state index is -0.448. The van der Waals surface area contributed by atoms with Gasteiger partial charge in [-0.15, -0.1) is 0 Å². The van der Waals surface area contributed by atoms with Gasteiger partial charge >= 0.3 is 5.97 Å². The van der Waals surface area contributed by atoms with Gasteiger partial charge in [0.2, 0.25) is 11.8 Å². The van der Waals surface area contributed by atoms with Crippen LogP contribution >= 0.6 is 0 Å². The zero-order valence-electron chi connectivity index (χ0n) is 15.1. The Hall–Kier alpha value is -3.55. The van der Waals surface area contributed by atoms with Crippen molar-refractivity contribution < 1.29 is 23.2 Å². The molecule has 3 rings (SSSR count). The quantitative estimate of drug-likeness (QED) is 0.623. The van der Waals surface area contributed by atoms with Gasteiger partial charge in [0, 0.05) is 24.4 Å². The maximum atomic E-state index is 13.3. The average molecular weight is 383 g/mol. The van der Waals surface area contributed by atoms with Gasteiger partial charge in [-0.3, -0.25) is 19.9 Å². The number of benzene rings is 1. The third kappa shape index (κ3) is 4.59. The zero-order chi connectivity index (χ0) is 19.9. The molecule has 0 unspecified atom stereocenters. The van der Waals surface area contributed by atoms with Crippen LogP contribution in [0.2, 0.25) is 0 Å². The first-order chi connectivity index (χ1) is 13.6. The van der Waals surface area contributed by atoms with E-state index in [9.17, 15) is 14.0 Å². The molecule has 0 saturated carbocycles. The lowest BCUT2D eigenvalue weighted by Crippen LogP contribution is -2.14. The van der Waals surface area contributed by atoms with E-state index in [1.807, 2.05) is 0 Å². The molecule has 144 valence electrons. The Labute approximate surface area is 160 Å². The van der Waals surface area contributed by atoms with E-state index in [1.165, 1.54) is 12.1 Å². The lowest BCUT2D eigenvalue weighted by atomic mass is 10.0. The van der Waals surface area contributed by atoms with Gasteiger partial charge in [-0.25, -0.2) is 4.39 Å². The van der Waals surface area contributed by atoms with Gasteiger partial charge in [0.05, 0.1) is 18.6 Å². The van der Waals surface area contributed by atoms with Crippen LogP contribution in [0, 0.1) is 5.82 Å². The van der Waals surface area contributed by atoms with Gasteiger partial charge in [0.1, 0.15) is 11.5 Å².